The molecule has 0 atom stereocenters. The molecule has 0 aliphatic carbocycles. The van der Waals surface area contributed by atoms with Crippen molar-refractivity contribution in [2.24, 2.45) is 0 Å². The number of nitrogens with zero attached hydrogens (tertiary/aromatic N) is 2. The van der Waals surface area contributed by atoms with Crippen LogP contribution in [0.5, 0.6) is 0 Å². The highest BCUT2D eigenvalue weighted by molar-refractivity contribution is 7.91. The van der Waals surface area contributed by atoms with Crippen LogP contribution in [-0.2, 0) is 14.6 Å². The van der Waals surface area contributed by atoms with E-state index in [-0.39, 0.29) is 24.0 Å². The van der Waals surface area contributed by atoms with E-state index >= 15 is 0 Å². The van der Waals surface area contributed by atoms with Crippen molar-refractivity contribution in [3.8, 4) is 6.07 Å². The van der Waals surface area contributed by atoms with E-state index in [1.807, 2.05) is 6.07 Å². The van der Waals surface area contributed by atoms with Gasteiger partial charge in [0, 0.05) is 13.1 Å². The van der Waals surface area contributed by atoms with Gasteiger partial charge in [0.2, 0.25) is 5.91 Å². The third-order valence-corrected chi connectivity index (χ3v) is 4.74. The van der Waals surface area contributed by atoms with Crippen LogP contribution < -0.4 is 5.32 Å². The molecule has 1 fully saturated rings. The van der Waals surface area contributed by atoms with Crippen molar-refractivity contribution in [3.05, 3.63) is 29.8 Å². The molecule has 1 heterocycles. The molecule has 1 saturated heterocycles. The number of hydrogen-bond acceptors (Lipinski definition) is 5. The lowest BCUT2D eigenvalue weighted by Gasteiger charge is -2.25. The second-order valence-electron chi connectivity index (χ2n) is 4.63. The van der Waals surface area contributed by atoms with Crippen LogP contribution in [0.3, 0.4) is 0 Å². The summed E-state index contributed by atoms with van der Waals surface area (Å²) < 4.78 is 22.6. The summed E-state index contributed by atoms with van der Waals surface area (Å²) >= 11 is 0. The minimum absolute atomic E-state index is 0.0923. The first-order valence-corrected chi connectivity index (χ1v) is 8.04. The Kier molecular flexibility index (Phi) is 4.37. The van der Waals surface area contributed by atoms with E-state index in [0.717, 1.165) is 0 Å². The molecule has 0 bridgehead atoms. The normalized spacial score (nSPS) is 18.1. The van der Waals surface area contributed by atoms with Crippen LogP contribution in [0.4, 0.5) is 5.69 Å². The number of carbonyl (C=O) groups is 1. The van der Waals surface area contributed by atoms with E-state index in [1.165, 1.54) is 0 Å². The molecular weight excluding hydrogens is 278 g/mol. The third kappa shape index (κ3) is 3.79. The lowest BCUT2D eigenvalue weighted by Crippen LogP contribution is -2.43. The minimum atomic E-state index is -2.94. The summed E-state index contributed by atoms with van der Waals surface area (Å²) in [5.41, 5.74) is 0.881. The molecule has 20 heavy (non-hydrogen) atoms. The van der Waals surface area contributed by atoms with Gasteiger partial charge in [0.05, 0.1) is 29.3 Å². The Morgan fingerprint density at radius 2 is 1.95 bits per heavy atom. The number of anilines is 1. The highest BCUT2D eigenvalue weighted by Gasteiger charge is 2.23. The van der Waals surface area contributed by atoms with Gasteiger partial charge in [0.25, 0.3) is 0 Å². The number of para-hydroxylation sites is 1. The first kappa shape index (κ1) is 14.5. The number of hydrogen-bond donors (Lipinski definition) is 1. The van der Waals surface area contributed by atoms with Gasteiger partial charge in [-0.15, -0.1) is 0 Å². The summed E-state index contributed by atoms with van der Waals surface area (Å²) in [4.78, 5) is 13.7. The largest absolute Gasteiger partial charge is 0.324 e. The smallest absolute Gasteiger partial charge is 0.238 e. The Bertz CT molecular complexity index is 635. The van der Waals surface area contributed by atoms with Gasteiger partial charge in [0.15, 0.2) is 9.84 Å². The Hall–Kier alpha value is -1.91. The highest BCUT2D eigenvalue weighted by atomic mass is 32.2. The molecular formula is C13H15N3O3S. The number of rotatable bonds is 3. The minimum Gasteiger partial charge on any atom is -0.324 e. The molecule has 0 saturated carbocycles. The first-order valence-electron chi connectivity index (χ1n) is 6.22. The number of nitriles is 1. The molecule has 1 aliphatic rings. The molecule has 0 aromatic heterocycles. The second-order valence-corrected chi connectivity index (χ2v) is 6.94. The van der Waals surface area contributed by atoms with Crippen LogP contribution in [0, 0.1) is 11.3 Å². The Labute approximate surface area is 117 Å². The van der Waals surface area contributed by atoms with E-state index < -0.39 is 9.84 Å². The zero-order chi connectivity index (χ0) is 14.6. The fourth-order valence-corrected chi connectivity index (χ4v) is 3.27. The van der Waals surface area contributed by atoms with E-state index in [1.54, 1.807) is 29.2 Å². The van der Waals surface area contributed by atoms with Crippen molar-refractivity contribution < 1.29 is 13.2 Å². The van der Waals surface area contributed by atoms with Crippen molar-refractivity contribution in [3.63, 3.8) is 0 Å². The molecule has 0 radical (unpaired) electrons. The predicted molar refractivity (Wildman–Crippen MR) is 74.9 cm³/mol. The molecule has 1 amide bonds. The van der Waals surface area contributed by atoms with Crippen molar-refractivity contribution in [1.29, 1.82) is 5.26 Å². The number of nitrogens with one attached hydrogen (secondary N) is 1. The lowest BCUT2D eigenvalue weighted by atomic mass is 10.2. The van der Waals surface area contributed by atoms with Crippen LogP contribution in [0.25, 0.3) is 0 Å². The molecule has 1 aromatic carbocycles. The number of sulfone groups is 1. The van der Waals surface area contributed by atoms with Crippen molar-refractivity contribution in [1.82, 2.24) is 4.90 Å². The van der Waals surface area contributed by atoms with Crippen molar-refractivity contribution in [2.75, 3.05) is 36.5 Å². The van der Waals surface area contributed by atoms with Gasteiger partial charge in [0.1, 0.15) is 6.07 Å². The van der Waals surface area contributed by atoms with Crippen LogP contribution in [0.1, 0.15) is 5.56 Å². The second kappa shape index (κ2) is 6.03. The fourth-order valence-electron chi connectivity index (χ4n) is 1.99. The molecule has 0 spiro atoms. The topological polar surface area (TPSA) is 90.3 Å². The zero-order valence-electron chi connectivity index (χ0n) is 10.9. The van der Waals surface area contributed by atoms with E-state index in [0.29, 0.717) is 24.3 Å². The van der Waals surface area contributed by atoms with Crippen LogP contribution in [-0.4, -0.2) is 50.4 Å². The Morgan fingerprint density at radius 1 is 1.30 bits per heavy atom. The average molecular weight is 293 g/mol. The fraction of sp³-hybridized carbons (Fsp3) is 0.385. The maximum Gasteiger partial charge on any atom is 0.238 e. The summed E-state index contributed by atoms with van der Waals surface area (Å²) in [6.45, 7) is 0.876. The summed E-state index contributed by atoms with van der Waals surface area (Å²) in [5.74, 6) is -0.0589. The highest BCUT2D eigenvalue weighted by Crippen LogP contribution is 2.13. The van der Waals surface area contributed by atoms with E-state index in [2.05, 4.69) is 5.32 Å². The predicted octanol–water partition coefficient (Wildman–Crippen LogP) is 0.227. The van der Waals surface area contributed by atoms with Gasteiger partial charge in [-0.3, -0.25) is 9.69 Å². The Balaban J connectivity index is 1.92. The van der Waals surface area contributed by atoms with Gasteiger partial charge in [-0.25, -0.2) is 8.42 Å². The quantitative estimate of drug-likeness (QED) is 0.861. The van der Waals surface area contributed by atoms with Crippen molar-refractivity contribution >= 4 is 21.4 Å². The molecule has 1 aliphatic heterocycles. The molecule has 6 nitrogen and oxygen atoms in total. The zero-order valence-corrected chi connectivity index (χ0v) is 11.7. The number of amides is 1. The standard InChI is InChI=1S/C13H15N3O3S/c14-9-11-3-1-2-4-12(11)15-13(17)10-16-5-7-20(18,19)8-6-16/h1-4H,5-8,10H2,(H,15,17). The van der Waals surface area contributed by atoms with Gasteiger partial charge < -0.3 is 5.32 Å². The van der Waals surface area contributed by atoms with Gasteiger partial charge in [-0.2, -0.15) is 5.26 Å². The molecule has 2 rings (SSSR count). The maximum absolute atomic E-state index is 11.9. The molecule has 1 N–H and O–H groups in total. The number of benzene rings is 1. The summed E-state index contributed by atoms with van der Waals surface area (Å²) in [6.07, 6.45) is 0. The number of carbonyl (C=O) groups excluding carboxylic acids is 1. The molecule has 106 valence electrons. The molecule has 0 unspecified atom stereocenters. The van der Waals surface area contributed by atoms with Crippen LogP contribution in [0.15, 0.2) is 24.3 Å². The van der Waals surface area contributed by atoms with Crippen LogP contribution in [0.2, 0.25) is 0 Å². The molecule has 1 aromatic rings. The summed E-state index contributed by atoms with van der Waals surface area (Å²) in [5, 5.41) is 11.6. The summed E-state index contributed by atoms with van der Waals surface area (Å²) in [6, 6.07) is 8.77. The van der Waals surface area contributed by atoms with E-state index in [4.69, 9.17) is 5.26 Å². The maximum atomic E-state index is 11.9. The van der Waals surface area contributed by atoms with Gasteiger partial charge in [-0.1, -0.05) is 12.1 Å². The van der Waals surface area contributed by atoms with Crippen LogP contribution >= 0.6 is 0 Å². The first-order chi connectivity index (χ1) is 9.50. The van der Waals surface area contributed by atoms with E-state index in [9.17, 15) is 13.2 Å². The molecule has 7 heteroatoms. The SMILES string of the molecule is N#Cc1ccccc1NC(=O)CN1CCS(=O)(=O)CC1. The van der Waals surface area contributed by atoms with Gasteiger partial charge >= 0.3 is 0 Å². The Morgan fingerprint density at radius 3 is 2.60 bits per heavy atom. The third-order valence-electron chi connectivity index (χ3n) is 3.13. The van der Waals surface area contributed by atoms with Gasteiger partial charge in [-0.05, 0) is 12.1 Å². The van der Waals surface area contributed by atoms with Crippen molar-refractivity contribution in [2.45, 2.75) is 0 Å². The lowest BCUT2D eigenvalue weighted by molar-refractivity contribution is -0.117. The summed E-state index contributed by atoms with van der Waals surface area (Å²) in [7, 11) is -2.94. The monoisotopic (exact) mass is 293 g/mol. The average Bonchev–Trinajstić information content (AvgIpc) is 2.42.